The summed E-state index contributed by atoms with van der Waals surface area (Å²) in [5, 5.41) is 0.918. The van der Waals surface area contributed by atoms with Crippen LogP contribution in [0.5, 0.6) is 0 Å². The predicted molar refractivity (Wildman–Crippen MR) is 113 cm³/mol. The molecule has 2 saturated heterocycles. The van der Waals surface area contributed by atoms with Crippen LogP contribution in [0.3, 0.4) is 0 Å². The van der Waals surface area contributed by atoms with E-state index in [9.17, 15) is 18.0 Å². The maximum atomic E-state index is 13.0. The molecule has 2 aromatic rings. The van der Waals surface area contributed by atoms with Crippen molar-refractivity contribution >= 4 is 50.7 Å². The van der Waals surface area contributed by atoms with Gasteiger partial charge in [-0.25, -0.2) is 13.3 Å². The van der Waals surface area contributed by atoms with Crippen molar-refractivity contribution in [3.63, 3.8) is 0 Å². The Morgan fingerprint density at radius 2 is 1.60 bits per heavy atom. The number of rotatable bonds is 4. The van der Waals surface area contributed by atoms with E-state index in [0.29, 0.717) is 28.8 Å². The fraction of sp³-hybridized carbons (Fsp3) is 0.300. The Labute approximate surface area is 184 Å². The molecule has 158 valence electrons. The minimum atomic E-state index is -3.62. The Balaban J connectivity index is 1.45. The highest BCUT2D eigenvalue weighted by Gasteiger charge is 2.47. The lowest BCUT2D eigenvalue weighted by molar-refractivity contribution is -0.918. The van der Waals surface area contributed by atoms with E-state index in [4.69, 9.17) is 23.2 Å². The molecule has 1 atom stereocenters. The van der Waals surface area contributed by atoms with E-state index in [1.54, 1.807) is 36.4 Å². The first-order chi connectivity index (χ1) is 14.3. The molecule has 0 aromatic heterocycles. The highest BCUT2D eigenvalue weighted by molar-refractivity contribution is 7.89. The van der Waals surface area contributed by atoms with Crippen LogP contribution in [0.25, 0.3) is 0 Å². The van der Waals surface area contributed by atoms with Gasteiger partial charge in [-0.15, -0.1) is 0 Å². The van der Waals surface area contributed by atoms with Gasteiger partial charge in [0.2, 0.25) is 15.9 Å². The zero-order valence-corrected chi connectivity index (χ0v) is 18.3. The number of piperazine rings is 1. The van der Waals surface area contributed by atoms with E-state index in [2.05, 4.69) is 0 Å². The number of nitrogens with one attached hydrogen (secondary N) is 1. The first-order valence-electron chi connectivity index (χ1n) is 9.50. The molecule has 0 saturated carbocycles. The van der Waals surface area contributed by atoms with Gasteiger partial charge >= 0.3 is 0 Å². The Morgan fingerprint density at radius 1 is 0.933 bits per heavy atom. The van der Waals surface area contributed by atoms with Gasteiger partial charge in [0.15, 0.2) is 6.04 Å². The second-order valence-corrected chi connectivity index (χ2v) is 10.1. The Hall–Kier alpha value is -1.97. The summed E-state index contributed by atoms with van der Waals surface area (Å²) < 4.78 is 27.1. The quantitative estimate of drug-likeness (QED) is 0.684. The number of hydrogen-bond donors (Lipinski definition) is 1. The molecule has 7 nitrogen and oxygen atoms in total. The fourth-order valence-corrected chi connectivity index (χ4v) is 5.71. The summed E-state index contributed by atoms with van der Waals surface area (Å²) in [5.74, 6) is -0.540. The number of anilines is 1. The SMILES string of the molecule is O=C1C[C@H]([NH+]2CCN(S(=O)(=O)c3ccc(Cl)cc3)CC2)C(=O)N1c1cccc(Cl)c1. The van der Waals surface area contributed by atoms with Crippen LogP contribution in [0, 0.1) is 0 Å². The molecule has 0 bridgehead atoms. The predicted octanol–water partition coefficient (Wildman–Crippen LogP) is 1.21. The van der Waals surface area contributed by atoms with E-state index in [-0.39, 0.29) is 36.2 Å². The lowest BCUT2D eigenvalue weighted by atomic mass is 10.2. The molecule has 2 fully saturated rings. The number of quaternary nitrogens is 1. The smallest absolute Gasteiger partial charge is 0.292 e. The number of carbonyl (C=O) groups excluding carboxylic acids is 2. The zero-order chi connectivity index (χ0) is 21.5. The average molecular weight is 469 g/mol. The van der Waals surface area contributed by atoms with Crippen molar-refractivity contribution in [1.82, 2.24) is 4.31 Å². The second kappa shape index (κ2) is 8.28. The van der Waals surface area contributed by atoms with Crippen molar-refractivity contribution in [1.29, 1.82) is 0 Å². The number of amides is 2. The zero-order valence-electron chi connectivity index (χ0n) is 15.9. The van der Waals surface area contributed by atoms with Crippen molar-refractivity contribution in [2.24, 2.45) is 0 Å². The van der Waals surface area contributed by atoms with Gasteiger partial charge in [0.25, 0.3) is 5.91 Å². The molecule has 10 heteroatoms. The number of nitrogens with zero attached hydrogens (tertiary/aromatic N) is 2. The molecule has 0 spiro atoms. The lowest BCUT2D eigenvalue weighted by Gasteiger charge is -2.33. The molecule has 0 aliphatic carbocycles. The number of halogens is 2. The maximum Gasteiger partial charge on any atom is 0.292 e. The summed E-state index contributed by atoms with van der Waals surface area (Å²) in [6.07, 6.45) is 0.102. The van der Waals surface area contributed by atoms with Crippen molar-refractivity contribution in [3.8, 4) is 0 Å². The average Bonchev–Trinajstić information content (AvgIpc) is 3.02. The molecule has 1 N–H and O–H groups in total. The third-order valence-electron chi connectivity index (χ3n) is 5.52. The van der Waals surface area contributed by atoms with E-state index in [1.807, 2.05) is 0 Å². The van der Waals surface area contributed by atoms with Crippen LogP contribution in [-0.2, 0) is 19.6 Å². The second-order valence-electron chi connectivity index (χ2n) is 7.32. The standard InChI is InChI=1S/C20H19Cl2N3O4S/c21-14-4-6-17(7-5-14)30(28,29)24-10-8-23(9-11-24)18-13-19(26)25(20(18)27)16-3-1-2-15(22)12-16/h1-7,12,18H,8-11,13H2/p+1/t18-/m0/s1. The Kier molecular flexibility index (Phi) is 5.87. The van der Waals surface area contributed by atoms with Crippen molar-refractivity contribution in [2.45, 2.75) is 17.4 Å². The van der Waals surface area contributed by atoms with E-state index >= 15 is 0 Å². The fourth-order valence-electron chi connectivity index (χ4n) is 3.96. The molecule has 4 rings (SSSR count). The van der Waals surface area contributed by atoms with Gasteiger partial charge in [0, 0.05) is 10.0 Å². The Bertz CT molecular complexity index is 1080. The van der Waals surface area contributed by atoms with Gasteiger partial charge in [-0.05, 0) is 42.5 Å². The van der Waals surface area contributed by atoms with E-state index in [0.717, 1.165) is 4.90 Å². The number of benzene rings is 2. The van der Waals surface area contributed by atoms with Crippen LogP contribution in [0.2, 0.25) is 10.0 Å². The molecular formula is C20H20Cl2N3O4S+. The summed E-state index contributed by atoms with van der Waals surface area (Å²) in [5.41, 5.74) is 0.461. The first-order valence-corrected chi connectivity index (χ1v) is 11.7. The van der Waals surface area contributed by atoms with E-state index in [1.165, 1.54) is 21.3 Å². The normalized spacial score (nSPS) is 21.4. The molecule has 0 radical (unpaired) electrons. The Morgan fingerprint density at radius 3 is 2.23 bits per heavy atom. The highest BCUT2D eigenvalue weighted by Crippen LogP contribution is 2.25. The number of sulfonamides is 1. The molecule has 2 aromatic carbocycles. The lowest BCUT2D eigenvalue weighted by Crippen LogP contribution is -3.19. The summed E-state index contributed by atoms with van der Waals surface area (Å²) in [4.78, 5) is 27.8. The molecule has 0 unspecified atom stereocenters. The van der Waals surface area contributed by atoms with Gasteiger partial charge in [0.1, 0.15) is 0 Å². The van der Waals surface area contributed by atoms with Crippen LogP contribution in [0.15, 0.2) is 53.4 Å². The number of imide groups is 1. The summed E-state index contributed by atoms with van der Waals surface area (Å²) in [6, 6.07) is 12.2. The monoisotopic (exact) mass is 468 g/mol. The van der Waals surface area contributed by atoms with Crippen LogP contribution in [0.4, 0.5) is 5.69 Å². The highest BCUT2D eigenvalue weighted by atomic mass is 35.5. The third-order valence-corrected chi connectivity index (χ3v) is 7.92. The summed E-state index contributed by atoms with van der Waals surface area (Å²) in [7, 11) is -3.62. The molecule has 2 amide bonds. The van der Waals surface area contributed by atoms with Gasteiger partial charge in [-0.1, -0.05) is 29.3 Å². The summed E-state index contributed by atoms with van der Waals surface area (Å²) in [6.45, 7) is 1.44. The molecule has 2 aliphatic rings. The van der Waals surface area contributed by atoms with Crippen LogP contribution in [-0.4, -0.2) is 56.8 Å². The van der Waals surface area contributed by atoms with Gasteiger partial charge in [-0.3, -0.25) is 9.59 Å². The maximum absolute atomic E-state index is 13.0. The topological polar surface area (TPSA) is 79.2 Å². The largest absolute Gasteiger partial charge is 0.322 e. The molecular weight excluding hydrogens is 449 g/mol. The summed E-state index contributed by atoms with van der Waals surface area (Å²) >= 11 is 11.8. The van der Waals surface area contributed by atoms with Crippen molar-refractivity contribution < 1.29 is 22.9 Å². The first kappa shape index (κ1) is 21.3. The van der Waals surface area contributed by atoms with Crippen molar-refractivity contribution in [2.75, 3.05) is 31.1 Å². The van der Waals surface area contributed by atoms with Crippen LogP contribution in [0.1, 0.15) is 6.42 Å². The molecule has 2 heterocycles. The number of carbonyl (C=O) groups is 2. The van der Waals surface area contributed by atoms with E-state index < -0.39 is 16.1 Å². The van der Waals surface area contributed by atoms with Gasteiger partial charge in [-0.2, -0.15) is 4.31 Å². The van der Waals surface area contributed by atoms with Gasteiger partial charge in [0.05, 0.1) is 43.2 Å². The van der Waals surface area contributed by atoms with Crippen LogP contribution < -0.4 is 9.80 Å². The van der Waals surface area contributed by atoms with Gasteiger partial charge < -0.3 is 4.90 Å². The third kappa shape index (κ3) is 3.98. The minimum absolute atomic E-state index is 0.102. The molecule has 30 heavy (non-hydrogen) atoms. The van der Waals surface area contributed by atoms with Crippen molar-refractivity contribution in [3.05, 3.63) is 58.6 Å². The molecule has 2 aliphatic heterocycles. The minimum Gasteiger partial charge on any atom is -0.322 e. The number of hydrogen-bond acceptors (Lipinski definition) is 4. The van der Waals surface area contributed by atoms with Crippen LogP contribution >= 0.6 is 23.2 Å².